The molecule has 3 rings (SSSR count). The second-order valence-electron chi connectivity index (χ2n) is 6.82. The van der Waals surface area contributed by atoms with Crippen LogP contribution in [0, 0.1) is 0 Å². The molecule has 1 saturated carbocycles. The molecule has 1 aliphatic carbocycles. The minimum Gasteiger partial charge on any atom is -0.481 e. The van der Waals surface area contributed by atoms with E-state index in [0.717, 1.165) is 37.7 Å². The average Bonchev–Trinajstić information content (AvgIpc) is 2.72. The molecule has 27 heavy (non-hydrogen) atoms. The molecule has 1 amide bonds. The zero-order valence-corrected chi connectivity index (χ0v) is 15.7. The zero-order chi connectivity index (χ0) is 19.3. The fraction of sp³-hybridized carbons (Fsp3) is 0.450. The van der Waals surface area contributed by atoms with E-state index < -0.39 is 5.60 Å². The number of aliphatic hydroxyl groups is 1. The van der Waals surface area contributed by atoms with Gasteiger partial charge in [0.2, 0.25) is 11.8 Å². The van der Waals surface area contributed by atoms with Crippen molar-refractivity contribution in [3.05, 3.63) is 35.9 Å². The molecule has 1 fully saturated rings. The van der Waals surface area contributed by atoms with Gasteiger partial charge in [0, 0.05) is 17.7 Å². The van der Waals surface area contributed by atoms with Crippen LogP contribution in [0.4, 0.5) is 0 Å². The Bertz CT molecular complexity index is 764. The van der Waals surface area contributed by atoms with Crippen LogP contribution in [0.5, 0.6) is 11.8 Å². The Kier molecular flexibility index (Phi) is 5.91. The number of hydrogen-bond acceptors (Lipinski definition) is 6. The van der Waals surface area contributed by atoms with E-state index >= 15 is 0 Å². The van der Waals surface area contributed by atoms with Gasteiger partial charge in [-0.25, -0.2) is 0 Å². The number of nitrogens with one attached hydrogen (secondary N) is 1. The molecule has 0 radical (unpaired) electrons. The summed E-state index contributed by atoms with van der Waals surface area (Å²) < 4.78 is 10.3. The van der Waals surface area contributed by atoms with Crippen molar-refractivity contribution < 1.29 is 19.4 Å². The summed E-state index contributed by atoms with van der Waals surface area (Å²) in [6, 6.07) is 8.58. The number of rotatable bonds is 6. The van der Waals surface area contributed by atoms with Crippen molar-refractivity contribution in [2.45, 2.75) is 37.7 Å². The van der Waals surface area contributed by atoms with Crippen LogP contribution in [0.3, 0.4) is 0 Å². The maximum absolute atomic E-state index is 12.4. The topological polar surface area (TPSA) is 93.6 Å². The first-order chi connectivity index (χ1) is 13.0. The van der Waals surface area contributed by atoms with Crippen molar-refractivity contribution in [2.75, 3.05) is 20.8 Å². The molecule has 0 aliphatic heterocycles. The van der Waals surface area contributed by atoms with Gasteiger partial charge < -0.3 is 19.9 Å². The number of nitrogens with zero attached hydrogens (tertiary/aromatic N) is 2. The van der Waals surface area contributed by atoms with E-state index in [1.807, 2.05) is 0 Å². The Morgan fingerprint density at radius 1 is 1.07 bits per heavy atom. The number of carbonyl (C=O) groups is 1. The van der Waals surface area contributed by atoms with Crippen LogP contribution in [0.25, 0.3) is 11.4 Å². The lowest BCUT2D eigenvalue weighted by molar-refractivity contribution is 0.00526. The second-order valence-corrected chi connectivity index (χ2v) is 6.82. The smallest absolute Gasteiger partial charge is 0.251 e. The standard InChI is InChI=1S/C20H25N3O4/c1-26-16-12-17(27-2)23-18(22-16)14-6-8-15(9-7-14)19(24)21-13-20(25)10-4-3-5-11-20/h6-9,12,25H,3-5,10-11,13H2,1-2H3,(H,21,24). The summed E-state index contributed by atoms with van der Waals surface area (Å²) in [4.78, 5) is 21.0. The van der Waals surface area contributed by atoms with E-state index in [-0.39, 0.29) is 12.5 Å². The van der Waals surface area contributed by atoms with Gasteiger partial charge in [-0.3, -0.25) is 4.79 Å². The van der Waals surface area contributed by atoms with E-state index in [1.165, 1.54) is 14.2 Å². The molecular weight excluding hydrogens is 346 g/mol. The predicted molar refractivity (Wildman–Crippen MR) is 101 cm³/mol. The fourth-order valence-electron chi connectivity index (χ4n) is 3.25. The van der Waals surface area contributed by atoms with E-state index in [2.05, 4.69) is 15.3 Å². The van der Waals surface area contributed by atoms with Gasteiger partial charge in [0.05, 0.1) is 25.9 Å². The van der Waals surface area contributed by atoms with Crippen molar-refractivity contribution in [2.24, 2.45) is 0 Å². The molecule has 0 spiro atoms. The molecule has 1 aromatic carbocycles. The minimum atomic E-state index is -0.779. The third kappa shape index (κ3) is 4.74. The summed E-state index contributed by atoms with van der Waals surface area (Å²) in [5.74, 6) is 1.05. The van der Waals surface area contributed by atoms with E-state index in [0.29, 0.717) is 23.1 Å². The normalized spacial score (nSPS) is 15.8. The van der Waals surface area contributed by atoms with Gasteiger partial charge in [0.25, 0.3) is 5.91 Å². The first-order valence-corrected chi connectivity index (χ1v) is 9.11. The average molecular weight is 371 g/mol. The SMILES string of the molecule is COc1cc(OC)nc(-c2ccc(C(=O)NCC3(O)CCCCC3)cc2)n1. The summed E-state index contributed by atoms with van der Waals surface area (Å²) in [6.45, 7) is 0.282. The number of benzene rings is 1. The second kappa shape index (κ2) is 8.35. The number of aromatic nitrogens is 2. The molecule has 7 nitrogen and oxygen atoms in total. The Balaban J connectivity index is 1.68. The quantitative estimate of drug-likeness (QED) is 0.811. The highest BCUT2D eigenvalue weighted by atomic mass is 16.5. The summed E-state index contributed by atoms with van der Waals surface area (Å²) in [7, 11) is 3.05. The fourth-order valence-corrected chi connectivity index (χ4v) is 3.25. The van der Waals surface area contributed by atoms with E-state index in [9.17, 15) is 9.90 Å². The molecule has 0 unspecified atom stereocenters. The van der Waals surface area contributed by atoms with Gasteiger partial charge in [0.15, 0.2) is 5.82 Å². The summed E-state index contributed by atoms with van der Waals surface area (Å²) >= 11 is 0. The highest BCUT2D eigenvalue weighted by molar-refractivity contribution is 5.94. The lowest BCUT2D eigenvalue weighted by atomic mass is 9.85. The summed E-state index contributed by atoms with van der Waals surface area (Å²) in [6.07, 6.45) is 4.63. The highest BCUT2D eigenvalue weighted by Crippen LogP contribution is 2.27. The maximum atomic E-state index is 12.4. The molecule has 0 bridgehead atoms. The molecular formula is C20H25N3O4. The van der Waals surface area contributed by atoms with Gasteiger partial charge in [-0.2, -0.15) is 9.97 Å². The molecule has 0 atom stereocenters. The predicted octanol–water partition coefficient (Wildman–Crippen LogP) is 2.59. The van der Waals surface area contributed by atoms with Crippen molar-refractivity contribution in [3.8, 4) is 23.1 Å². The van der Waals surface area contributed by atoms with Crippen molar-refractivity contribution >= 4 is 5.91 Å². The van der Waals surface area contributed by atoms with Crippen molar-refractivity contribution in [1.82, 2.24) is 15.3 Å². The van der Waals surface area contributed by atoms with Gasteiger partial charge >= 0.3 is 0 Å². The van der Waals surface area contributed by atoms with Gasteiger partial charge in [-0.15, -0.1) is 0 Å². The third-order valence-corrected chi connectivity index (χ3v) is 4.86. The Morgan fingerprint density at radius 2 is 1.67 bits per heavy atom. The van der Waals surface area contributed by atoms with Crippen molar-refractivity contribution in [1.29, 1.82) is 0 Å². The summed E-state index contributed by atoms with van der Waals surface area (Å²) in [5, 5.41) is 13.3. The van der Waals surface area contributed by atoms with Crippen LogP contribution in [0.2, 0.25) is 0 Å². The third-order valence-electron chi connectivity index (χ3n) is 4.86. The largest absolute Gasteiger partial charge is 0.481 e. The molecule has 1 aromatic heterocycles. The molecule has 2 aromatic rings. The van der Waals surface area contributed by atoms with Crippen LogP contribution in [-0.4, -0.2) is 47.3 Å². The van der Waals surface area contributed by atoms with E-state index in [4.69, 9.17) is 9.47 Å². The number of methoxy groups -OCH3 is 2. The van der Waals surface area contributed by atoms with Crippen LogP contribution in [0.15, 0.2) is 30.3 Å². The Hall–Kier alpha value is -2.67. The molecule has 1 heterocycles. The number of hydrogen-bond donors (Lipinski definition) is 2. The monoisotopic (exact) mass is 371 g/mol. The Morgan fingerprint density at radius 3 is 2.22 bits per heavy atom. The molecule has 0 saturated heterocycles. The number of ether oxygens (including phenoxy) is 2. The molecule has 144 valence electrons. The van der Waals surface area contributed by atoms with Gasteiger partial charge in [-0.1, -0.05) is 31.4 Å². The van der Waals surface area contributed by atoms with Crippen LogP contribution >= 0.6 is 0 Å². The van der Waals surface area contributed by atoms with Crippen molar-refractivity contribution in [3.63, 3.8) is 0 Å². The van der Waals surface area contributed by atoms with E-state index in [1.54, 1.807) is 30.3 Å². The number of carbonyl (C=O) groups excluding carboxylic acids is 1. The van der Waals surface area contributed by atoms with Crippen LogP contribution < -0.4 is 14.8 Å². The summed E-state index contributed by atoms with van der Waals surface area (Å²) in [5.41, 5.74) is 0.487. The Labute approximate surface area is 158 Å². The molecule has 1 aliphatic rings. The van der Waals surface area contributed by atoms with Crippen LogP contribution in [-0.2, 0) is 0 Å². The lowest BCUT2D eigenvalue weighted by Crippen LogP contribution is -2.44. The van der Waals surface area contributed by atoms with Gasteiger partial charge in [0.1, 0.15) is 0 Å². The molecule has 7 heteroatoms. The van der Waals surface area contributed by atoms with Gasteiger partial charge in [-0.05, 0) is 25.0 Å². The first-order valence-electron chi connectivity index (χ1n) is 9.11. The molecule has 2 N–H and O–H groups in total. The zero-order valence-electron chi connectivity index (χ0n) is 15.7. The number of amides is 1. The first kappa shape index (κ1) is 19.1. The maximum Gasteiger partial charge on any atom is 0.251 e. The highest BCUT2D eigenvalue weighted by Gasteiger charge is 2.29. The lowest BCUT2D eigenvalue weighted by Gasteiger charge is -2.32. The van der Waals surface area contributed by atoms with Crippen LogP contribution in [0.1, 0.15) is 42.5 Å². The minimum absolute atomic E-state index is 0.204.